The third-order valence-corrected chi connectivity index (χ3v) is 4.28. The molecule has 0 saturated carbocycles. The van der Waals surface area contributed by atoms with Crippen LogP contribution in [0.3, 0.4) is 0 Å². The highest BCUT2D eigenvalue weighted by Gasteiger charge is 2.51. The summed E-state index contributed by atoms with van der Waals surface area (Å²) in [5.74, 6) is 0.409. The lowest BCUT2D eigenvalue weighted by atomic mass is 9.83. The van der Waals surface area contributed by atoms with Crippen LogP contribution in [0.2, 0.25) is 0 Å². The van der Waals surface area contributed by atoms with Gasteiger partial charge in [-0.1, -0.05) is 24.3 Å². The van der Waals surface area contributed by atoms with Gasteiger partial charge in [-0.15, -0.1) is 0 Å². The van der Waals surface area contributed by atoms with Gasteiger partial charge in [-0.25, -0.2) is 0 Å². The molecule has 2 aromatic carbocycles. The minimum Gasteiger partial charge on any atom is -0.508 e. The Morgan fingerprint density at radius 3 is 1.74 bits per heavy atom. The Morgan fingerprint density at radius 2 is 1.35 bits per heavy atom. The molecular weight excluding hydrogens is 296 g/mol. The van der Waals surface area contributed by atoms with Crippen LogP contribution in [0, 0.1) is 0 Å². The Balaban J connectivity index is 1.79. The van der Waals surface area contributed by atoms with Gasteiger partial charge in [0.25, 0.3) is 0 Å². The van der Waals surface area contributed by atoms with Crippen molar-refractivity contribution in [3.05, 3.63) is 59.7 Å². The van der Waals surface area contributed by atoms with Gasteiger partial charge in [0.2, 0.25) is 0 Å². The number of phenolic OH excluding ortho intramolecular Hbond substituents is 2. The average Bonchev–Trinajstić information content (AvgIpc) is 3.45. The summed E-state index contributed by atoms with van der Waals surface area (Å²) in [6.07, 6.45) is 0.0256. The molecule has 2 aliphatic rings. The summed E-state index contributed by atoms with van der Waals surface area (Å²) in [7, 11) is 0. The van der Waals surface area contributed by atoms with Crippen molar-refractivity contribution in [2.24, 2.45) is 0 Å². The summed E-state index contributed by atoms with van der Waals surface area (Å²) >= 11 is 0. The van der Waals surface area contributed by atoms with Crippen molar-refractivity contribution in [3.8, 4) is 11.5 Å². The summed E-state index contributed by atoms with van der Waals surface area (Å²) in [5.41, 5.74) is 1.04. The molecule has 2 aliphatic heterocycles. The predicted octanol–water partition coefficient (Wildman–Crippen LogP) is 2.16. The maximum absolute atomic E-state index is 9.59. The first-order valence-corrected chi connectivity index (χ1v) is 7.64. The minimum atomic E-state index is -0.770. The largest absolute Gasteiger partial charge is 0.508 e. The molecule has 2 unspecified atom stereocenters. The van der Waals surface area contributed by atoms with Gasteiger partial charge in [0, 0.05) is 0 Å². The van der Waals surface area contributed by atoms with Gasteiger partial charge in [0.15, 0.2) is 0 Å². The summed E-state index contributed by atoms with van der Waals surface area (Å²) in [6, 6.07) is 14.0. The van der Waals surface area contributed by atoms with Gasteiger partial charge < -0.3 is 24.4 Å². The van der Waals surface area contributed by atoms with E-state index >= 15 is 0 Å². The number of rotatable bonds is 6. The zero-order chi connectivity index (χ0) is 15.9. The lowest BCUT2D eigenvalue weighted by molar-refractivity contribution is -0.0440. The van der Waals surface area contributed by atoms with Crippen molar-refractivity contribution in [3.63, 3.8) is 0 Å². The van der Waals surface area contributed by atoms with E-state index in [-0.39, 0.29) is 23.7 Å². The fraction of sp³-hybridized carbons (Fsp3) is 0.333. The Morgan fingerprint density at radius 1 is 0.870 bits per heavy atom. The van der Waals surface area contributed by atoms with Crippen LogP contribution in [0.4, 0.5) is 0 Å². The Hall–Kier alpha value is -2.08. The van der Waals surface area contributed by atoms with Crippen LogP contribution in [-0.4, -0.2) is 42.2 Å². The molecule has 0 spiro atoms. The molecule has 5 nitrogen and oxygen atoms in total. The van der Waals surface area contributed by atoms with Crippen molar-refractivity contribution in [2.75, 3.05) is 19.8 Å². The van der Waals surface area contributed by atoms with Crippen molar-refractivity contribution >= 4 is 0 Å². The standard InChI is InChI=1S/C18H18O5/c19-14-5-1-12(2-6-14)18(17-11-22-17,23-10-16-9-21-16)13-3-7-15(20)8-4-13/h1-8,16-17,19-20H,9-11H2. The number of epoxide rings is 2. The summed E-state index contributed by atoms with van der Waals surface area (Å²) in [5, 5.41) is 19.2. The monoisotopic (exact) mass is 314 g/mol. The maximum Gasteiger partial charge on any atom is 0.147 e. The Bertz CT molecular complexity index is 626. The SMILES string of the molecule is Oc1ccc(C(OCC2CO2)(c2ccc(O)cc2)C2CO2)cc1. The smallest absolute Gasteiger partial charge is 0.147 e. The molecule has 2 aromatic rings. The number of ether oxygens (including phenoxy) is 3. The maximum atomic E-state index is 9.59. The quantitative estimate of drug-likeness (QED) is 0.799. The van der Waals surface area contributed by atoms with E-state index in [4.69, 9.17) is 14.2 Å². The van der Waals surface area contributed by atoms with E-state index < -0.39 is 5.60 Å². The molecule has 0 aliphatic carbocycles. The van der Waals surface area contributed by atoms with Crippen LogP contribution in [0.5, 0.6) is 11.5 Å². The minimum absolute atomic E-state index is 0.102. The molecule has 120 valence electrons. The normalized spacial score (nSPS) is 22.8. The highest BCUT2D eigenvalue weighted by atomic mass is 16.6. The molecular formula is C18H18O5. The van der Waals surface area contributed by atoms with Gasteiger partial charge in [-0.2, -0.15) is 0 Å². The van der Waals surface area contributed by atoms with Crippen molar-refractivity contribution in [1.29, 1.82) is 0 Å². The van der Waals surface area contributed by atoms with E-state index in [1.165, 1.54) is 0 Å². The highest BCUT2D eigenvalue weighted by Crippen LogP contribution is 2.44. The zero-order valence-corrected chi connectivity index (χ0v) is 12.5. The van der Waals surface area contributed by atoms with Crippen molar-refractivity contribution < 1.29 is 24.4 Å². The van der Waals surface area contributed by atoms with Crippen molar-refractivity contribution in [2.45, 2.75) is 17.8 Å². The fourth-order valence-corrected chi connectivity index (χ4v) is 2.89. The fourth-order valence-electron chi connectivity index (χ4n) is 2.89. The number of aromatic hydroxyl groups is 2. The van der Waals surface area contributed by atoms with Crippen LogP contribution < -0.4 is 0 Å². The van der Waals surface area contributed by atoms with Gasteiger partial charge in [-0.05, 0) is 35.4 Å². The van der Waals surface area contributed by atoms with Gasteiger partial charge in [-0.3, -0.25) is 0 Å². The van der Waals surface area contributed by atoms with Gasteiger partial charge in [0.1, 0.15) is 29.3 Å². The van der Waals surface area contributed by atoms with Crippen LogP contribution >= 0.6 is 0 Å². The molecule has 2 heterocycles. The molecule has 2 N–H and O–H groups in total. The van der Waals surface area contributed by atoms with E-state index in [1.807, 2.05) is 24.3 Å². The van der Waals surface area contributed by atoms with Crippen LogP contribution in [-0.2, 0) is 19.8 Å². The molecule has 23 heavy (non-hydrogen) atoms. The number of benzene rings is 2. The summed E-state index contributed by atoms with van der Waals surface area (Å²) in [6.45, 7) is 1.79. The third kappa shape index (κ3) is 2.79. The number of hydrogen-bond donors (Lipinski definition) is 2. The van der Waals surface area contributed by atoms with E-state index in [0.717, 1.165) is 11.1 Å². The lowest BCUT2D eigenvalue weighted by Gasteiger charge is -2.33. The van der Waals surface area contributed by atoms with Crippen LogP contribution in [0.15, 0.2) is 48.5 Å². The van der Waals surface area contributed by atoms with E-state index in [0.29, 0.717) is 19.8 Å². The topological polar surface area (TPSA) is 74.8 Å². The van der Waals surface area contributed by atoms with Gasteiger partial charge in [0.05, 0.1) is 19.8 Å². The van der Waals surface area contributed by atoms with E-state index in [9.17, 15) is 10.2 Å². The summed E-state index contributed by atoms with van der Waals surface area (Å²) < 4.78 is 17.2. The molecule has 2 saturated heterocycles. The zero-order valence-electron chi connectivity index (χ0n) is 12.5. The highest BCUT2D eigenvalue weighted by molar-refractivity contribution is 5.43. The molecule has 0 amide bonds. The molecule has 2 atom stereocenters. The van der Waals surface area contributed by atoms with Crippen LogP contribution in [0.1, 0.15) is 11.1 Å². The van der Waals surface area contributed by atoms with E-state index in [2.05, 4.69) is 0 Å². The molecule has 0 radical (unpaired) electrons. The first-order chi connectivity index (χ1) is 11.2. The van der Waals surface area contributed by atoms with E-state index in [1.54, 1.807) is 24.3 Å². The van der Waals surface area contributed by atoms with Gasteiger partial charge >= 0.3 is 0 Å². The summed E-state index contributed by atoms with van der Waals surface area (Å²) in [4.78, 5) is 0. The number of hydrogen-bond acceptors (Lipinski definition) is 5. The Labute approximate surface area is 134 Å². The van der Waals surface area contributed by atoms with Crippen molar-refractivity contribution in [1.82, 2.24) is 0 Å². The van der Waals surface area contributed by atoms with Crippen LogP contribution in [0.25, 0.3) is 0 Å². The molecule has 4 rings (SSSR count). The third-order valence-electron chi connectivity index (χ3n) is 4.28. The molecule has 0 aromatic heterocycles. The first kappa shape index (κ1) is 14.5. The average molecular weight is 314 g/mol. The number of phenols is 2. The molecule has 5 heteroatoms. The molecule has 2 fully saturated rings. The predicted molar refractivity (Wildman–Crippen MR) is 82.4 cm³/mol. The second-order valence-corrected chi connectivity index (χ2v) is 5.92. The first-order valence-electron chi connectivity index (χ1n) is 7.64. The Kier molecular flexibility index (Phi) is 3.49. The molecule has 0 bridgehead atoms. The second kappa shape index (κ2) is 5.53. The lowest BCUT2D eigenvalue weighted by Crippen LogP contribution is -2.38. The second-order valence-electron chi connectivity index (χ2n) is 5.92.